The third-order valence-corrected chi connectivity index (χ3v) is 7.72. The van der Waals surface area contributed by atoms with E-state index < -0.39 is 13.1 Å². The SMILES string of the molecule is CN(Cc1ccccc1O[B]O)Cc1c2ccccc2c(CN(C)Cc2ccccc2B(O)O)c2cc(C(=O)O)ccc12. The second-order valence-electron chi connectivity index (χ2n) is 10.8. The number of para-hydroxylation sites is 1. The van der Waals surface area contributed by atoms with Crippen molar-refractivity contribution in [3.05, 3.63) is 119 Å². The molecule has 5 aromatic carbocycles. The van der Waals surface area contributed by atoms with E-state index in [-0.39, 0.29) is 5.56 Å². The summed E-state index contributed by atoms with van der Waals surface area (Å²) in [5.74, 6) is -0.414. The second kappa shape index (κ2) is 13.4. The topological polar surface area (TPSA) is 114 Å². The van der Waals surface area contributed by atoms with Crippen molar-refractivity contribution in [1.29, 1.82) is 0 Å². The minimum Gasteiger partial charge on any atom is -0.537 e. The Labute approximate surface area is 251 Å². The second-order valence-corrected chi connectivity index (χ2v) is 10.8. The van der Waals surface area contributed by atoms with Crippen molar-refractivity contribution in [3.8, 4) is 5.75 Å². The van der Waals surface area contributed by atoms with Crippen molar-refractivity contribution < 1.29 is 29.6 Å². The van der Waals surface area contributed by atoms with Crippen LogP contribution in [0.1, 0.15) is 32.6 Å². The molecule has 217 valence electrons. The monoisotopic (exact) mass is 575 g/mol. The van der Waals surface area contributed by atoms with E-state index in [0.29, 0.717) is 45.1 Å². The third-order valence-electron chi connectivity index (χ3n) is 7.72. The van der Waals surface area contributed by atoms with Gasteiger partial charge in [-0.25, -0.2) is 4.79 Å². The van der Waals surface area contributed by atoms with Crippen molar-refractivity contribution >= 4 is 47.8 Å². The number of aromatic carboxylic acids is 1. The number of hydrogen-bond donors (Lipinski definition) is 4. The van der Waals surface area contributed by atoms with Crippen LogP contribution in [0.4, 0.5) is 0 Å². The summed E-state index contributed by atoms with van der Waals surface area (Å²) in [5, 5.41) is 42.7. The van der Waals surface area contributed by atoms with E-state index in [2.05, 4.69) is 21.9 Å². The van der Waals surface area contributed by atoms with Crippen LogP contribution in [0.3, 0.4) is 0 Å². The van der Waals surface area contributed by atoms with E-state index in [1.165, 1.54) is 0 Å². The van der Waals surface area contributed by atoms with Crippen LogP contribution < -0.4 is 10.1 Å². The van der Waals surface area contributed by atoms with Crippen LogP contribution in [0, 0.1) is 0 Å². The highest BCUT2D eigenvalue weighted by atomic mass is 16.5. The first-order valence-corrected chi connectivity index (χ1v) is 14.0. The zero-order valence-electron chi connectivity index (χ0n) is 24.1. The molecule has 8 nitrogen and oxygen atoms in total. The van der Waals surface area contributed by atoms with Crippen LogP contribution in [0.2, 0.25) is 0 Å². The minimum absolute atomic E-state index is 0.214. The van der Waals surface area contributed by atoms with Gasteiger partial charge in [-0.15, -0.1) is 0 Å². The highest BCUT2D eigenvalue weighted by Crippen LogP contribution is 2.35. The first kappa shape index (κ1) is 30.3. The summed E-state index contributed by atoms with van der Waals surface area (Å²) in [6, 6.07) is 28.2. The molecule has 0 fully saturated rings. The molecule has 5 aromatic rings. The molecule has 0 heterocycles. The van der Waals surface area contributed by atoms with Crippen molar-refractivity contribution in [2.45, 2.75) is 26.2 Å². The fourth-order valence-electron chi connectivity index (χ4n) is 5.80. The maximum absolute atomic E-state index is 12.0. The zero-order chi connectivity index (χ0) is 30.5. The van der Waals surface area contributed by atoms with Crippen LogP contribution in [0.5, 0.6) is 5.75 Å². The predicted octanol–water partition coefficient (Wildman–Crippen LogP) is 3.54. The van der Waals surface area contributed by atoms with Gasteiger partial charge in [0, 0.05) is 31.7 Å². The van der Waals surface area contributed by atoms with Gasteiger partial charge >= 0.3 is 20.8 Å². The summed E-state index contributed by atoms with van der Waals surface area (Å²) in [5.41, 5.74) is 4.48. The average Bonchev–Trinajstić information content (AvgIpc) is 2.99. The molecule has 0 amide bonds. The molecule has 43 heavy (non-hydrogen) atoms. The maximum Gasteiger partial charge on any atom is 0.569 e. The normalized spacial score (nSPS) is 11.4. The van der Waals surface area contributed by atoms with Gasteiger partial charge in [0.15, 0.2) is 0 Å². The molecule has 10 heteroatoms. The van der Waals surface area contributed by atoms with Crippen LogP contribution >= 0.6 is 0 Å². The van der Waals surface area contributed by atoms with Crippen LogP contribution in [-0.4, -0.2) is 64.8 Å². The number of carboxylic acid groups (broad SMARTS) is 1. The lowest BCUT2D eigenvalue weighted by atomic mass is 9.77. The molecule has 4 N–H and O–H groups in total. The smallest absolute Gasteiger partial charge is 0.537 e. The molecule has 0 aliphatic carbocycles. The van der Waals surface area contributed by atoms with Crippen molar-refractivity contribution in [3.63, 3.8) is 0 Å². The Bertz CT molecular complexity index is 1760. The molecule has 1 radical (unpaired) electrons. The molecule has 0 saturated carbocycles. The van der Waals surface area contributed by atoms with Gasteiger partial charge in [-0.1, -0.05) is 72.8 Å². The predicted molar refractivity (Wildman–Crippen MR) is 170 cm³/mol. The van der Waals surface area contributed by atoms with Gasteiger partial charge in [0.2, 0.25) is 0 Å². The van der Waals surface area contributed by atoms with Gasteiger partial charge in [-0.2, -0.15) is 0 Å². The Balaban J connectivity index is 1.57. The standard InChI is InChI=1S/C33H33B2N2O6/c1-36(18-23-9-3-7-13-31(23)35(41)42)21-30-26-12-6-5-11-25(26)29(27-16-15-22(33(38)39)17-28(27)30)20-37(2)19-24-10-4-8-14-32(24)43-34-40/h3-17,40-42H,18-21H2,1-2H3,(H,38,39). The van der Waals surface area contributed by atoms with E-state index in [1.54, 1.807) is 30.3 Å². The van der Waals surface area contributed by atoms with Crippen molar-refractivity contribution in [2.24, 2.45) is 0 Å². The molecule has 0 saturated heterocycles. The van der Waals surface area contributed by atoms with Gasteiger partial charge in [0.05, 0.1) is 5.56 Å². The highest BCUT2D eigenvalue weighted by Gasteiger charge is 2.20. The van der Waals surface area contributed by atoms with E-state index >= 15 is 0 Å². The number of hydrogen-bond acceptors (Lipinski definition) is 7. The van der Waals surface area contributed by atoms with Crippen molar-refractivity contribution in [2.75, 3.05) is 14.1 Å². The summed E-state index contributed by atoms with van der Waals surface area (Å²) in [4.78, 5) is 16.3. The zero-order valence-corrected chi connectivity index (χ0v) is 24.1. The Morgan fingerprint density at radius 3 is 1.88 bits per heavy atom. The van der Waals surface area contributed by atoms with Gasteiger partial charge in [0.25, 0.3) is 0 Å². The number of nitrogens with zero attached hydrogens (tertiary/aromatic N) is 2. The molecular formula is C33H33B2N2O6. The molecular weight excluding hydrogens is 542 g/mol. The molecule has 0 spiro atoms. The Hall–Kier alpha value is -4.18. The van der Waals surface area contributed by atoms with E-state index in [9.17, 15) is 25.0 Å². The van der Waals surface area contributed by atoms with Gasteiger partial charge in [-0.3, -0.25) is 9.80 Å². The third kappa shape index (κ3) is 6.74. The summed E-state index contributed by atoms with van der Waals surface area (Å²) < 4.78 is 5.30. The fourth-order valence-corrected chi connectivity index (χ4v) is 5.80. The molecule has 0 aliphatic rings. The lowest BCUT2D eigenvalue weighted by Crippen LogP contribution is -2.35. The largest absolute Gasteiger partial charge is 0.569 e. The lowest BCUT2D eigenvalue weighted by molar-refractivity contribution is 0.0697. The molecule has 0 bridgehead atoms. The van der Waals surface area contributed by atoms with Gasteiger partial charge in [0.1, 0.15) is 5.75 Å². The molecule has 0 atom stereocenters. The quantitative estimate of drug-likeness (QED) is 0.132. The average molecular weight is 575 g/mol. The first-order valence-electron chi connectivity index (χ1n) is 14.0. The minimum atomic E-state index is -1.57. The number of fused-ring (bicyclic) bond motifs is 2. The molecule has 5 rings (SSSR count). The Morgan fingerprint density at radius 2 is 1.26 bits per heavy atom. The van der Waals surface area contributed by atoms with E-state index in [0.717, 1.165) is 43.8 Å². The molecule has 0 unspecified atom stereocenters. The van der Waals surface area contributed by atoms with Crippen LogP contribution in [-0.2, 0) is 26.2 Å². The number of carboxylic acids is 1. The van der Waals surface area contributed by atoms with Crippen LogP contribution in [0.25, 0.3) is 21.5 Å². The van der Waals surface area contributed by atoms with Gasteiger partial charge in [-0.05, 0) is 76.0 Å². The summed E-state index contributed by atoms with van der Waals surface area (Å²) in [7, 11) is 3.09. The Morgan fingerprint density at radius 1 is 0.721 bits per heavy atom. The summed E-state index contributed by atoms with van der Waals surface area (Å²) in [6.07, 6.45) is 0. The maximum atomic E-state index is 12.0. The number of rotatable bonds is 12. The number of benzene rings is 5. The number of carbonyl (C=O) groups is 1. The van der Waals surface area contributed by atoms with E-state index in [1.807, 2.05) is 62.6 Å². The van der Waals surface area contributed by atoms with Crippen LogP contribution in [0.15, 0.2) is 91.0 Å². The molecule has 0 aliphatic heterocycles. The lowest BCUT2D eigenvalue weighted by Gasteiger charge is -2.25. The summed E-state index contributed by atoms with van der Waals surface area (Å²) in [6.45, 7) is 2.13. The van der Waals surface area contributed by atoms with Crippen molar-refractivity contribution in [1.82, 2.24) is 9.80 Å². The summed E-state index contributed by atoms with van der Waals surface area (Å²) >= 11 is 0. The van der Waals surface area contributed by atoms with E-state index in [4.69, 9.17) is 4.65 Å². The first-order chi connectivity index (χ1) is 20.8. The molecule has 0 aromatic heterocycles. The Kier molecular flexibility index (Phi) is 9.45. The highest BCUT2D eigenvalue weighted by molar-refractivity contribution is 6.59. The fraction of sp³-hybridized carbons (Fsp3) is 0.182. The van der Waals surface area contributed by atoms with Gasteiger partial charge < -0.3 is 24.8 Å².